The molecule has 2 aromatic heterocycles. The van der Waals surface area contributed by atoms with E-state index in [2.05, 4.69) is 15.4 Å². The van der Waals surface area contributed by atoms with Gasteiger partial charge in [0.2, 0.25) is 16.9 Å². The van der Waals surface area contributed by atoms with Crippen LogP contribution in [0.5, 0.6) is 0 Å². The molecule has 1 N–H and O–H groups in total. The second kappa shape index (κ2) is 7.65. The van der Waals surface area contributed by atoms with Crippen molar-refractivity contribution in [2.24, 2.45) is 0 Å². The van der Waals surface area contributed by atoms with Crippen LogP contribution in [0.4, 0.5) is 15.9 Å². The monoisotopic (exact) mass is 449 g/mol. The van der Waals surface area contributed by atoms with Crippen LogP contribution in [0, 0.1) is 12.7 Å². The van der Waals surface area contributed by atoms with Gasteiger partial charge in [0.25, 0.3) is 5.91 Å². The van der Waals surface area contributed by atoms with Crippen molar-refractivity contribution in [1.29, 1.82) is 0 Å². The molecule has 0 radical (unpaired) electrons. The van der Waals surface area contributed by atoms with E-state index in [4.69, 9.17) is 0 Å². The van der Waals surface area contributed by atoms with Gasteiger partial charge in [-0.25, -0.2) is 9.37 Å². The minimum Gasteiger partial charge on any atom is -0.306 e. The summed E-state index contributed by atoms with van der Waals surface area (Å²) >= 11 is 1.25. The van der Waals surface area contributed by atoms with Gasteiger partial charge in [-0.2, -0.15) is 9.78 Å². The molecule has 0 spiro atoms. The number of thiazole rings is 1. The molecule has 5 rings (SSSR count). The van der Waals surface area contributed by atoms with Crippen molar-refractivity contribution < 1.29 is 18.8 Å². The molecule has 1 saturated heterocycles. The Morgan fingerprint density at radius 3 is 2.66 bits per heavy atom. The highest BCUT2D eigenvalue weighted by molar-refractivity contribution is 7.20. The zero-order valence-corrected chi connectivity index (χ0v) is 17.6. The van der Waals surface area contributed by atoms with Crippen LogP contribution in [-0.4, -0.2) is 32.5 Å². The molecule has 0 bridgehead atoms. The lowest BCUT2D eigenvalue weighted by Gasteiger charge is -2.15. The molecular formula is C22H16FN5O3S. The summed E-state index contributed by atoms with van der Waals surface area (Å²) in [6.07, 6.45) is 0.333. The molecule has 1 aliphatic rings. The fourth-order valence-corrected chi connectivity index (χ4v) is 4.51. The summed E-state index contributed by atoms with van der Waals surface area (Å²) in [7, 11) is 0. The lowest BCUT2D eigenvalue weighted by molar-refractivity contribution is -0.121. The third-order valence-electron chi connectivity index (χ3n) is 5.01. The van der Waals surface area contributed by atoms with Crippen LogP contribution in [-0.2, 0) is 9.59 Å². The Kier molecular flexibility index (Phi) is 4.78. The first-order chi connectivity index (χ1) is 15.4. The Hall–Kier alpha value is -3.92. The van der Waals surface area contributed by atoms with Gasteiger partial charge in [0, 0.05) is 24.5 Å². The van der Waals surface area contributed by atoms with Crippen LogP contribution in [0.2, 0.25) is 0 Å². The number of anilines is 2. The van der Waals surface area contributed by atoms with Crippen molar-refractivity contribution in [2.45, 2.75) is 19.8 Å². The molecule has 10 heteroatoms. The molecule has 160 valence electrons. The van der Waals surface area contributed by atoms with E-state index < -0.39 is 5.91 Å². The van der Waals surface area contributed by atoms with Crippen LogP contribution >= 0.6 is 11.3 Å². The molecule has 0 unspecified atom stereocenters. The van der Waals surface area contributed by atoms with E-state index in [0.717, 1.165) is 4.90 Å². The van der Waals surface area contributed by atoms with Crippen molar-refractivity contribution in [3.05, 3.63) is 65.6 Å². The average Bonchev–Trinajstić information content (AvgIpc) is 3.44. The Bertz CT molecular complexity index is 1390. The number of rotatable bonds is 4. The number of imide groups is 1. The number of nitrogens with zero attached hydrogens (tertiary/aromatic N) is 4. The van der Waals surface area contributed by atoms with Crippen molar-refractivity contribution in [2.75, 3.05) is 10.2 Å². The van der Waals surface area contributed by atoms with E-state index in [1.165, 1.54) is 34.2 Å². The van der Waals surface area contributed by atoms with Gasteiger partial charge in [-0.15, -0.1) is 0 Å². The fourth-order valence-electron chi connectivity index (χ4n) is 3.55. The van der Waals surface area contributed by atoms with Gasteiger partial charge in [-0.3, -0.25) is 19.3 Å². The molecule has 3 heterocycles. The molecule has 0 saturated carbocycles. The summed E-state index contributed by atoms with van der Waals surface area (Å²) < 4.78 is 15.7. The number of aromatic nitrogens is 3. The maximum Gasteiger partial charge on any atom is 0.256 e. The van der Waals surface area contributed by atoms with Gasteiger partial charge >= 0.3 is 0 Å². The van der Waals surface area contributed by atoms with Crippen LogP contribution in [0.15, 0.2) is 48.5 Å². The lowest BCUT2D eigenvalue weighted by Crippen LogP contribution is -2.28. The maximum atomic E-state index is 13.5. The SMILES string of the molecule is Cc1cc(NC(=O)c2cccc(N3C(=O)CCC3=O)c2)n(-c2nc3ccc(F)cc3s2)n1. The summed E-state index contributed by atoms with van der Waals surface area (Å²) in [5.74, 6) is -0.959. The second-order valence-electron chi connectivity index (χ2n) is 7.32. The zero-order valence-electron chi connectivity index (χ0n) is 16.8. The number of amides is 3. The maximum absolute atomic E-state index is 13.5. The highest BCUT2D eigenvalue weighted by Crippen LogP contribution is 2.28. The van der Waals surface area contributed by atoms with Gasteiger partial charge in [0.1, 0.15) is 11.6 Å². The smallest absolute Gasteiger partial charge is 0.256 e. The van der Waals surface area contributed by atoms with E-state index in [-0.39, 0.29) is 36.0 Å². The number of hydrogen-bond acceptors (Lipinski definition) is 6. The van der Waals surface area contributed by atoms with Gasteiger partial charge in [0.15, 0.2) is 0 Å². The summed E-state index contributed by atoms with van der Waals surface area (Å²) in [5, 5.41) is 7.69. The van der Waals surface area contributed by atoms with Crippen LogP contribution in [0.1, 0.15) is 28.9 Å². The van der Waals surface area contributed by atoms with Gasteiger partial charge < -0.3 is 5.32 Å². The first kappa shape index (κ1) is 20.0. The number of carbonyl (C=O) groups is 3. The minimum absolute atomic E-state index is 0.166. The molecule has 4 aromatic rings. The van der Waals surface area contributed by atoms with Gasteiger partial charge in [-0.1, -0.05) is 17.4 Å². The first-order valence-corrected chi connectivity index (χ1v) is 10.6. The molecule has 8 nitrogen and oxygen atoms in total. The number of benzene rings is 2. The van der Waals surface area contributed by atoms with E-state index in [1.807, 2.05) is 0 Å². The summed E-state index contributed by atoms with van der Waals surface area (Å²) in [6.45, 7) is 1.78. The molecule has 0 aliphatic carbocycles. The van der Waals surface area contributed by atoms with Gasteiger partial charge in [0.05, 0.1) is 21.6 Å². The highest BCUT2D eigenvalue weighted by atomic mass is 32.1. The third kappa shape index (κ3) is 3.54. The molecule has 2 aromatic carbocycles. The predicted molar refractivity (Wildman–Crippen MR) is 118 cm³/mol. The Morgan fingerprint density at radius 2 is 1.88 bits per heavy atom. The number of nitrogens with one attached hydrogen (secondary N) is 1. The average molecular weight is 449 g/mol. The Labute approximate surface area is 185 Å². The fraction of sp³-hybridized carbons (Fsp3) is 0.136. The van der Waals surface area contributed by atoms with Crippen molar-refractivity contribution in [3.8, 4) is 5.13 Å². The number of hydrogen-bond donors (Lipinski definition) is 1. The molecular weight excluding hydrogens is 433 g/mol. The lowest BCUT2D eigenvalue weighted by atomic mass is 10.1. The molecule has 1 fully saturated rings. The number of fused-ring (bicyclic) bond motifs is 1. The second-order valence-corrected chi connectivity index (χ2v) is 8.33. The van der Waals surface area contributed by atoms with Crippen LogP contribution in [0.25, 0.3) is 15.3 Å². The number of halogens is 1. The molecule has 3 amide bonds. The molecule has 32 heavy (non-hydrogen) atoms. The zero-order chi connectivity index (χ0) is 22.4. The Balaban J connectivity index is 1.45. The Morgan fingerprint density at radius 1 is 1.09 bits per heavy atom. The normalized spacial score (nSPS) is 13.9. The van der Waals surface area contributed by atoms with Crippen molar-refractivity contribution in [1.82, 2.24) is 14.8 Å². The van der Waals surface area contributed by atoms with E-state index in [0.29, 0.717) is 32.5 Å². The van der Waals surface area contributed by atoms with Crippen molar-refractivity contribution in [3.63, 3.8) is 0 Å². The summed E-state index contributed by atoms with van der Waals surface area (Å²) in [6, 6.07) is 12.4. The predicted octanol–water partition coefficient (Wildman–Crippen LogP) is 3.84. The van der Waals surface area contributed by atoms with Crippen molar-refractivity contribution >= 4 is 50.8 Å². The minimum atomic E-state index is -0.431. The standard InChI is InChI=1S/C22H16FN5O3S/c1-12-9-18(28(26-12)22-24-16-6-5-14(23)11-17(16)32-22)25-21(31)13-3-2-4-15(10-13)27-19(29)7-8-20(27)30/h2-6,9-11H,7-8H2,1H3,(H,25,31). The largest absolute Gasteiger partial charge is 0.306 e. The molecule has 1 aliphatic heterocycles. The quantitative estimate of drug-likeness (QED) is 0.478. The summed E-state index contributed by atoms with van der Waals surface area (Å²) in [5.41, 5.74) is 1.94. The first-order valence-electron chi connectivity index (χ1n) is 9.79. The highest BCUT2D eigenvalue weighted by Gasteiger charge is 2.30. The van der Waals surface area contributed by atoms with Gasteiger partial charge in [-0.05, 0) is 43.3 Å². The third-order valence-corrected chi connectivity index (χ3v) is 6.01. The number of aryl methyl sites for hydroxylation is 1. The number of carbonyl (C=O) groups excluding carboxylic acids is 3. The van der Waals surface area contributed by atoms with E-state index >= 15 is 0 Å². The van der Waals surface area contributed by atoms with E-state index in [9.17, 15) is 18.8 Å². The molecule has 0 atom stereocenters. The van der Waals surface area contributed by atoms with Crippen LogP contribution < -0.4 is 10.2 Å². The van der Waals surface area contributed by atoms with Crippen LogP contribution in [0.3, 0.4) is 0 Å². The van der Waals surface area contributed by atoms with E-state index in [1.54, 1.807) is 37.3 Å². The summed E-state index contributed by atoms with van der Waals surface area (Å²) in [4.78, 5) is 42.6. The topological polar surface area (TPSA) is 97.2 Å².